The van der Waals surface area contributed by atoms with Gasteiger partial charge in [0.1, 0.15) is 0 Å². The Balaban J connectivity index is 4.44. The molecule has 0 fully saturated rings. The van der Waals surface area contributed by atoms with Gasteiger partial charge < -0.3 is 9.47 Å². The molecule has 0 amide bonds. The first kappa shape index (κ1) is 14.9. The van der Waals surface area contributed by atoms with E-state index in [-0.39, 0.29) is 11.9 Å². The van der Waals surface area contributed by atoms with Gasteiger partial charge in [0, 0.05) is 0 Å². The minimum Gasteiger partial charge on any atom is -0.469 e. The van der Waals surface area contributed by atoms with Crippen molar-refractivity contribution in [3.05, 3.63) is 0 Å². The molecule has 0 aliphatic rings. The minimum absolute atomic E-state index is 0.256. The van der Waals surface area contributed by atoms with E-state index in [2.05, 4.69) is 0 Å². The molecule has 0 aromatic carbocycles. The van der Waals surface area contributed by atoms with Gasteiger partial charge in [-0.1, -0.05) is 0 Å². The molecule has 0 atom stereocenters. The lowest BCUT2D eigenvalue weighted by Gasteiger charge is -2.27. The molecule has 0 unspecified atom stereocenters. The Morgan fingerprint density at radius 3 is 1.25 bits per heavy atom. The van der Waals surface area contributed by atoms with Crippen LogP contribution in [0.2, 0.25) is 0 Å². The molecule has 0 spiro atoms. The normalized spacial score (nSPS) is 12.1. The van der Waals surface area contributed by atoms with E-state index >= 15 is 0 Å². The van der Waals surface area contributed by atoms with Crippen LogP contribution in [0.25, 0.3) is 0 Å². The van der Waals surface area contributed by atoms with Gasteiger partial charge in [0.05, 0.1) is 25.0 Å². The molecular weight excluding hydrogens is 208 g/mol. The third-order valence-electron chi connectivity index (χ3n) is 2.85. The Morgan fingerprint density at radius 2 is 1.06 bits per heavy atom. The van der Waals surface area contributed by atoms with Crippen LogP contribution in [0.15, 0.2) is 0 Å². The molecule has 0 saturated carbocycles. The number of carbonyl (C=O) groups excluding carboxylic acids is 2. The smallest absolute Gasteiger partial charge is 0.311 e. The van der Waals surface area contributed by atoms with Crippen LogP contribution in [0.1, 0.15) is 40.5 Å². The van der Waals surface area contributed by atoms with Gasteiger partial charge in [0.15, 0.2) is 0 Å². The fraction of sp³-hybridized carbons (Fsp3) is 0.833. The highest BCUT2D eigenvalue weighted by molar-refractivity contribution is 5.77. The molecule has 0 aromatic heterocycles. The van der Waals surface area contributed by atoms with Crippen LogP contribution in [-0.2, 0) is 19.1 Å². The zero-order chi connectivity index (χ0) is 13.0. The summed E-state index contributed by atoms with van der Waals surface area (Å²) in [6.45, 7) is 7.25. The predicted molar refractivity (Wildman–Crippen MR) is 60.8 cm³/mol. The van der Waals surface area contributed by atoms with E-state index in [0.29, 0.717) is 12.8 Å². The van der Waals surface area contributed by atoms with Crippen molar-refractivity contribution in [2.75, 3.05) is 14.2 Å². The van der Waals surface area contributed by atoms with Gasteiger partial charge in [-0.05, 0) is 40.5 Å². The fourth-order valence-corrected chi connectivity index (χ4v) is 1.38. The zero-order valence-electron chi connectivity index (χ0n) is 11.0. The van der Waals surface area contributed by atoms with E-state index in [1.807, 2.05) is 27.7 Å². The summed E-state index contributed by atoms with van der Waals surface area (Å²) in [6, 6.07) is 0. The topological polar surface area (TPSA) is 52.6 Å². The van der Waals surface area contributed by atoms with E-state index in [1.54, 1.807) is 0 Å². The fourth-order valence-electron chi connectivity index (χ4n) is 1.38. The molecule has 16 heavy (non-hydrogen) atoms. The summed E-state index contributed by atoms with van der Waals surface area (Å²) in [5.41, 5.74) is -1.14. The summed E-state index contributed by atoms with van der Waals surface area (Å²) >= 11 is 0. The van der Waals surface area contributed by atoms with E-state index in [0.717, 1.165) is 0 Å². The Kier molecular flexibility index (Phi) is 4.97. The molecule has 0 rings (SSSR count). The summed E-state index contributed by atoms with van der Waals surface area (Å²) in [4.78, 5) is 22.9. The van der Waals surface area contributed by atoms with Crippen LogP contribution in [0.4, 0.5) is 0 Å². The van der Waals surface area contributed by atoms with Gasteiger partial charge in [0.25, 0.3) is 0 Å². The molecule has 0 bridgehead atoms. The van der Waals surface area contributed by atoms with Gasteiger partial charge in [-0.25, -0.2) is 0 Å². The molecular formula is C12H22O4. The summed E-state index contributed by atoms with van der Waals surface area (Å²) in [7, 11) is 2.74. The number of hydrogen-bond acceptors (Lipinski definition) is 4. The van der Waals surface area contributed by atoms with Crippen molar-refractivity contribution in [2.24, 2.45) is 10.8 Å². The first-order chi connectivity index (χ1) is 7.17. The number of hydrogen-bond donors (Lipinski definition) is 0. The lowest BCUT2D eigenvalue weighted by molar-refractivity contribution is -0.155. The molecule has 0 aliphatic heterocycles. The Morgan fingerprint density at radius 1 is 0.812 bits per heavy atom. The van der Waals surface area contributed by atoms with E-state index in [9.17, 15) is 9.59 Å². The van der Waals surface area contributed by atoms with Crippen molar-refractivity contribution in [3.8, 4) is 0 Å². The molecule has 0 heterocycles. The molecule has 0 N–H and O–H groups in total. The van der Waals surface area contributed by atoms with Crippen molar-refractivity contribution < 1.29 is 19.1 Å². The Labute approximate surface area is 97.3 Å². The minimum atomic E-state index is -0.569. The molecule has 0 radical (unpaired) electrons. The zero-order valence-corrected chi connectivity index (χ0v) is 11.0. The van der Waals surface area contributed by atoms with E-state index in [4.69, 9.17) is 9.47 Å². The maximum Gasteiger partial charge on any atom is 0.311 e. The van der Waals surface area contributed by atoms with Crippen LogP contribution >= 0.6 is 0 Å². The maximum atomic E-state index is 11.5. The van der Waals surface area contributed by atoms with Crippen LogP contribution in [0.5, 0.6) is 0 Å². The van der Waals surface area contributed by atoms with Gasteiger partial charge in [-0.3, -0.25) is 9.59 Å². The highest BCUT2D eigenvalue weighted by Gasteiger charge is 2.35. The van der Waals surface area contributed by atoms with Crippen LogP contribution < -0.4 is 0 Å². The monoisotopic (exact) mass is 230 g/mol. The number of carbonyl (C=O) groups is 2. The van der Waals surface area contributed by atoms with Gasteiger partial charge in [0.2, 0.25) is 0 Å². The third kappa shape index (κ3) is 3.83. The molecule has 0 aliphatic carbocycles. The summed E-state index contributed by atoms with van der Waals surface area (Å²) in [5, 5.41) is 0. The number of methoxy groups -OCH3 is 2. The lowest BCUT2D eigenvalue weighted by atomic mass is 9.79. The number of rotatable bonds is 5. The Hall–Kier alpha value is -1.06. The van der Waals surface area contributed by atoms with E-state index < -0.39 is 10.8 Å². The second-order valence-corrected chi connectivity index (χ2v) is 5.25. The molecule has 4 nitrogen and oxygen atoms in total. The van der Waals surface area contributed by atoms with E-state index in [1.165, 1.54) is 14.2 Å². The second kappa shape index (κ2) is 5.32. The van der Waals surface area contributed by atoms with Crippen molar-refractivity contribution in [3.63, 3.8) is 0 Å². The van der Waals surface area contributed by atoms with Crippen molar-refractivity contribution in [2.45, 2.75) is 40.5 Å². The highest BCUT2D eigenvalue weighted by Crippen LogP contribution is 2.32. The van der Waals surface area contributed by atoms with Gasteiger partial charge in [-0.15, -0.1) is 0 Å². The van der Waals surface area contributed by atoms with Gasteiger partial charge in [-0.2, -0.15) is 0 Å². The first-order valence-electron chi connectivity index (χ1n) is 5.34. The molecule has 4 heteroatoms. The number of esters is 2. The third-order valence-corrected chi connectivity index (χ3v) is 2.85. The molecule has 0 aromatic rings. The van der Waals surface area contributed by atoms with Crippen LogP contribution in [0, 0.1) is 10.8 Å². The maximum absolute atomic E-state index is 11.5. The van der Waals surface area contributed by atoms with Gasteiger partial charge >= 0.3 is 11.9 Å². The predicted octanol–water partition coefficient (Wildman–Crippen LogP) is 2.17. The van der Waals surface area contributed by atoms with Crippen molar-refractivity contribution in [1.82, 2.24) is 0 Å². The highest BCUT2D eigenvalue weighted by atomic mass is 16.5. The summed E-state index contributed by atoms with van der Waals surface area (Å²) in [5.74, 6) is -0.513. The lowest BCUT2D eigenvalue weighted by Crippen LogP contribution is -2.31. The van der Waals surface area contributed by atoms with Crippen molar-refractivity contribution >= 4 is 11.9 Å². The summed E-state index contributed by atoms with van der Waals surface area (Å²) in [6.07, 6.45) is 1.17. The quantitative estimate of drug-likeness (QED) is 0.679. The van der Waals surface area contributed by atoms with Crippen molar-refractivity contribution in [1.29, 1.82) is 0 Å². The second-order valence-electron chi connectivity index (χ2n) is 5.25. The summed E-state index contributed by atoms with van der Waals surface area (Å²) < 4.78 is 9.42. The van der Waals surface area contributed by atoms with Crippen LogP contribution in [0.3, 0.4) is 0 Å². The standard InChI is InChI=1S/C12H22O4/c1-11(2,9(13)15-5)7-8-12(3,4)10(14)16-6/h7-8H2,1-6H3. The number of ether oxygens (including phenoxy) is 2. The Bertz CT molecular complexity index is 238. The SMILES string of the molecule is COC(=O)C(C)(C)CCC(C)(C)C(=O)OC. The average Bonchev–Trinajstić information content (AvgIpc) is 2.24. The average molecular weight is 230 g/mol. The van der Waals surface area contributed by atoms with Crippen LogP contribution in [-0.4, -0.2) is 26.2 Å². The molecule has 0 saturated heterocycles. The molecule has 94 valence electrons. The largest absolute Gasteiger partial charge is 0.469 e. The first-order valence-corrected chi connectivity index (χ1v) is 5.34.